The lowest BCUT2D eigenvalue weighted by Crippen LogP contribution is -2.50. The van der Waals surface area contributed by atoms with Crippen LogP contribution in [0.1, 0.15) is 60.8 Å². The van der Waals surface area contributed by atoms with E-state index in [1.165, 1.54) is 0 Å². The van der Waals surface area contributed by atoms with Gasteiger partial charge in [-0.2, -0.15) is 0 Å². The first-order valence-corrected chi connectivity index (χ1v) is 10.4. The molecule has 1 aliphatic rings. The molecule has 158 valence electrons. The van der Waals surface area contributed by atoms with E-state index >= 15 is 0 Å². The molecule has 1 aliphatic heterocycles. The lowest BCUT2D eigenvalue weighted by Gasteiger charge is -2.36. The number of ether oxygens (including phenoxy) is 2. The van der Waals surface area contributed by atoms with Crippen LogP contribution in [0.2, 0.25) is 0 Å². The molecule has 1 heterocycles. The number of nitrogens with zero attached hydrogens (tertiary/aromatic N) is 2. The van der Waals surface area contributed by atoms with Crippen molar-refractivity contribution in [1.29, 1.82) is 0 Å². The first-order chi connectivity index (χ1) is 12.4. The van der Waals surface area contributed by atoms with Gasteiger partial charge in [-0.3, -0.25) is 9.69 Å². The zero-order valence-electron chi connectivity index (χ0n) is 17.8. The minimum absolute atomic E-state index is 0.133. The largest absolute Gasteiger partial charge is 0.460 e. The van der Waals surface area contributed by atoms with E-state index in [2.05, 4.69) is 4.90 Å². The molecule has 0 aromatic rings. The highest BCUT2D eigenvalue weighted by Gasteiger charge is 2.28. The maximum atomic E-state index is 12.5. The van der Waals surface area contributed by atoms with Gasteiger partial charge in [0.2, 0.25) is 0 Å². The molecule has 0 spiro atoms. The van der Waals surface area contributed by atoms with Gasteiger partial charge in [-0.15, -0.1) is 11.6 Å². The summed E-state index contributed by atoms with van der Waals surface area (Å²) < 4.78 is 11.0. The van der Waals surface area contributed by atoms with Gasteiger partial charge in [0.25, 0.3) is 0 Å². The summed E-state index contributed by atoms with van der Waals surface area (Å²) in [7, 11) is 0. The Balaban J connectivity index is 2.46. The smallest absolute Gasteiger partial charge is 0.410 e. The van der Waals surface area contributed by atoms with Crippen molar-refractivity contribution >= 4 is 23.7 Å². The zero-order valence-corrected chi connectivity index (χ0v) is 18.6. The second-order valence-corrected chi connectivity index (χ2v) is 9.54. The molecule has 0 aromatic carbocycles. The van der Waals surface area contributed by atoms with E-state index in [1.54, 1.807) is 4.90 Å². The Morgan fingerprint density at radius 1 is 0.926 bits per heavy atom. The first-order valence-electron chi connectivity index (χ1n) is 9.90. The molecule has 0 aliphatic carbocycles. The Kier molecular flexibility index (Phi) is 9.35. The quantitative estimate of drug-likeness (QED) is 0.475. The second-order valence-electron chi connectivity index (χ2n) is 9.16. The topological polar surface area (TPSA) is 59.1 Å². The average Bonchev–Trinajstić information content (AvgIpc) is 2.52. The number of hydrogen-bond donors (Lipinski definition) is 0. The first kappa shape index (κ1) is 24.0. The normalized spacial score (nSPS) is 17.5. The number of carbonyl (C=O) groups is 2. The Morgan fingerprint density at radius 2 is 1.48 bits per heavy atom. The molecular formula is C20H37ClN2O4. The lowest BCUT2D eigenvalue weighted by molar-refractivity contribution is -0.160. The van der Waals surface area contributed by atoms with Gasteiger partial charge < -0.3 is 14.4 Å². The fourth-order valence-electron chi connectivity index (χ4n) is 2.91. The molecule has 7 heteroatoms. The summed E-state index contributed by atoms with van der Waals surface area (Å²) in [6, 6.07) is 0. The summed E-state index contributed by atoms with van der Waals surface area (Å²) in [6.07, 6.45) is 2.04. The summed E-state index contributed by atoms with van der Waals surface area (Å²) in [6.45, 7) is 15.0. The minimum atomic E-state index is -0.477. The van der Waals surface area contributed by atoms with Gasteiger partial charge >= 0.3 is 12.1 Å². The summed E-state index contributed by atoms with van der Waals surface area (Å²) in [5.41, 5.74) is -0.952. The number of alkyl halides is 1. The number of rotatable bonds is 7. The van der Waals surface area contributed by atoms with Crippen LogP contribution in [0, 0.1) is 5.92 Å². The third kappa shape index (κ3) is 10.2. The van der Waals surface area contributed by atoms with Gasteiger partial charge in [-0.25, -0.2) is 4.79 Å². The van der Waals surface area contributed by atoms with E-state index in [-0.39, 0.29) is 18.0 Å². The molecule has 1 unspecified atom stereocenters. The maximum absolute atomic E-state index is 12.5. The predicted octanol–water partition coefficient (Wildman–Crippen LogP) is 3.91. The van der Waals surface area contributed by atoms with Crippen LogP contribution in [0.4, 0.5) is 4.79 Å². The highest BCUT2D eigenvalue weighted by Crippen LogP contribution is 2.20. The van der Waals surface area contributed by atoms with E-state index in [9.17, 15) is 9.59 Å². The van der Waals surface area contributed by atoms with Crippen molar-refractivity contribution in [2.75, 3.05) is 38.6 Å². The van der Waals surface area contributed by atoms with Crippen LogP contribution in [0.25, 0.3) is 0 Å². The van der Waals surface area contributed by atoms with E-state index in [0.29, 0.717) is 19.0 Å². The van der Waals surface area contributed by atoms with Crippen LogP contribution in [0.3, 0.4) is 0 Å². The number of piperazine rings is 1. The third-order valence-electron chi connectivity index (χ3n) is 4.24. The minimum Gasteiger partial charge on any atom is -0.460 e. The van der Waals surface area contributed by atoms with Gasteiger partial charge in [0.1, 0.15) is 11.2 Å². The Hall–Kier alpha value is -1.01. The van der Waals surface area contributed by atoms with Crippen LogP contribution in [-0.2, 0) is 14.3 Å². The molecule has 6 nitrogen and oxygen atoms in total. The van der Waals surface area contributed by atoms with E-state index in [4.69, 9.17) is 21.1 Å². The molecular weight excluding hydrogens is 368 g/mol. The van der Waals surface area contributed by atoms with Gasteiger partial charge in [0, 0.05) is 32.1 Å². The van der Waals surface area contributed by atoms with Crippen LogP contribution in [0.5, 0.6) is 0 Å². The molecule has 1 atom stereocenters. The number of halogens is 1. The van der Waals surface area contributed by atoms with Gasteiger partial charge in [0.15, 0.2) is 0 Å². The predicted molar refractivity (Wildman–Crippen MR) is 108 cm³/mol. The molecule has 1 fully saturated rings. The molecule has 1 rings (SSSR count). The molecule has 0 radical (unpaired) electrons. The molecule has 1 amide bonds. The van der Waals surface area contributed by atoms with E-state index < -0.39 is 11.2 Å². The zero-order chi connectivity index (χ0) is 20.7. The van der Waals surface area contributed by atoms with Crippen molar-refractivity contribution in [2.45, 2.75) is 72.0 Å². The summed E-state index contributed by atoms with van der Waals surface area (Å²) >= 11 is 5.81. The van der Waals surface area contributed by atoms with Crippen molar-refractivity contribution in [3.8, 4) is 0 Å². The number of amides is 1. The Morgan fingerprint density at radius 3 is 1.96 bits per heavy atom. The molecule has 0 bridgehead atoms. The average molecular weight is 405 g/mol. The second kappa shape index (κ2) is 10.5. The Labute approximate surface area is 169 Å². The standard InChI is InChI=1S/C20H37ClN2O4/c1-19(2,3)26-17(24)16(8-7-10-21)9-11-22-12-14-23(15-13-22)18(25)27-20(4,5)6/h16H,7-15H2,1-6H3. The van der Waals surface area contributed by atoms with Crippen LogP contribution in [-0.4, -0.2) is 71.7 Å². The lowest BCUT2D eigenvalue weighted by atomic mass is 9.99. The van der Waals surface area contributed by atoms with Crippen molar-refractivity contribution in [3.63, 3.8) is 0 Å². The fraction of sp³-hybridized carbons (Fsp3) is 0.900. The van der Waals surface area contributed by atoms with Crippen molar-refractivity contribution in [2.24, 2.45) is 5.92 Å². The van der Waals surface area contributed by atoms with Crippen LogP contribution in [0.15, 0.2) is 0 Å². The highest BCUT2D eigenvalue weighted by molar-refractivity contribution is 6.17. The summed E-state index contributed by atoms with van der Waals surface area (Å²) in [4.78, 5) is 28.6. The van der Waals surface area contributed by atoms with E-state index in [0.717, 1.165) is 38.9 Å². The highest BCUT2D eigenvalue weighted by atomic mass is 35.5. The van der Waals surface area contributed by atoms with Gasteiger partial charge in [0.05, 0.1) is 5.92 Å². The van der Waals surface area contributed by atoms with Gasteiger partial charge in [-0.05, 0) is 67.3 Å². The van der Waals surface area contributed by atoms with Crippen molar-refractivity contribution in [3.05, 3.63) is 0 Å². The number of hydrogen-bond acceptors (Lipinski definition) is 5. The fourth-order valence-corrected chi connectivity index (χ4v) is 3.06. The van der Waals surface area contributed by atoms with Crippen molar-refractivity contribution in [1.82, 2.24) is 9.80 Å². The van der Waals surface area contributed by atoms with Crippen molar-refractivity contribution < 1.29 is 19.1 Å². The molecule has 0 N–H and O–H groups in total. The number of esters is 1. The summed E-state index contributed by atoms with van der Waals surface area (Å²) in [5, 5.41) is 0. The number of carbonyl (C=O) groups excluding carboxylic acids is 2. The third-order valence-corrected chi connectivity index (χ3v) is 4.51. The molecule has 27 heavy (non-hydrogen) atoms. The van der Waals surface area contributed by atoms with E-state index in [1.807, 2.05) is 41.5 Å². The van der Waals surface area contributed by atoms with Crippen LogP contribution < -0.4 is 0 Å². The molecule has 0 saturated carbocycles. The molecule has 0 aromatic heterocycles. The van der Waals surface area contributed by atoms with Gasteiger partial charge in [-0.1, -0.05) is 0 Å². The van der Waals surface area contributed by atoms with Crippen LogP contribution >= 0.6 is 11.6 Å². The maximum Gasteiger partial charge on any atom is 0.410 e. The SMILES string of the molecule is CC(C)(C)OC(=O)C(CCCCl)CCN1CCN(C(=O)OC(C)(C)C)CC1. The Bertz CT molecular complexity index is 477. The monoisotopic (exact) mass is 404 g/mol. The summed E-state index contributed by atoms with van der Waals surface area (Å²) in [5.74, 6) is 0.278. The molecule has 1 saturated heterocycles.